The number of nitrogens with zero attached hydrogens (tertiary/aromatic N) is 1. The molecule has 3 rings (SSSR count). The lowest BCUT2D eigenvalue weighted by Crippen LogP contribution is -2.43. The van der Waals surface area contributed by atoms with Crippen molar-refractivity contribution in [1.82, 2.24) is 9.62 Å². The highest BCUT2D eigenvalue weighted by molar-refractivity contribution is 7.89. The van der Waals surface area contributed by atoms with Gasteiger partial charge in [0.15, 0.2) is 0 Å². The Balaban J connectivity index is 1.97. The first-order valence-corrected chi connectivity index (χ1v) is 10.2. The van der Waals surface area contributed by atoms with Crippen LogP contribution in [-0.4, -0.2) is 51.5 Å². The van der Waals surface area contributed by atoms with Crippen LogP contribution < -0.4 is 5.32 Å². The maximum atomic E-state index is 13.0. The summed E-state index contributed by atoms with van der Waals surface area (Å²) in [6, 6.07) is 4.67. The van der Waals surface area contributed by atoms with E-state index in [4.69, 9.17) is 9.15 Å². The highest BCUT2D eigenvalue weighted by Gasteiger charge is 2.30. The van der Waals surface area contributed by atoms with Gasteiger partial charge in [0.2, 0.25) is 15.8 Å². The molecule has 26 heavy (non-hydrogen) atoms. The van der Waals surface area contributed by atoms with Crippen molar-refractivity contribution in [3.63, 3.8) is 0 Å². The Hall–Kier alpha value is -1.90. The van der Waals surface area contributed by atoms with E-state index in [2.05, 4.69) is 5.32 Å². The molecule has 0 radical (unpaired) electrons. The van der Waals surface area contributed by atoms with E-state index >= 15 is 0 Å². The summed E-state index contributed by atoms with van der Waals surface area (Å²) in [5.41, 5.74) is 1.05. The SMILES string of the molecule is CCOC(=O)c1oc2ccc(S(=O)(=O)N(C)C3CCNCC3)cc2c1C. The van der Waals surface area contributed by atoms with Crippen molar-refractivity contribution in [2.45, 2.75) is 37.6 Å². The molecule has 1 aliphatic rings. The number of nitrogens with one attached hydrogen (secondary N) is 1. The van der Waals surface area contributed by atoms with Gasteiger partial charge in [-0.1, -0.05) is 0 Å². The van der Waals surface area contributed by atoms with Crippen LogP contribution in [-0.2, 0) is 14.8 Å². The lowest BCUT2D eigenvalue weighted by Gasteiger charge is -2.30. The van der Waals surface area contributed by atoms with Crippen molar-refractivity contribution in [2.75, 3.05) is 26.7 Å². The minimum absolute atomic E-state index is 0.0162. The molecule has 7 nitrogen and oxygen atoms in total. The Labute approximate surface area is 153 Å². The predicted molar refractivity (Wildman–Crippen MR) is 97.7 cm³/mol. The van der Waals surface area contributed by atoms with Crippen LogP contribution in [0.25, 0.3) is 11.0 Å². The molecule has 1 fully saturated rings. The summed E-state index contributed by atoms with van der Waals surface area (Å²) >= 11 is 0. The van der Waals surface area contributed by atoms with E-state index in [1.54, 1.807) is 33.0 Å². The summed E-state index contributed by atoms with van der Waals surface area (Å²) in [6.45, 7) is 5.32. The zero-order valence-electron chi connectivity index (χ0n) is 15.2. The molecule has 0 spiro atoms. The number of carbonyl (C=O) groups is 1. The Morgan fingerprint density at radius 2 is 2.04 bits per heavy atom. The number of furan rings is 1. The molecule has 142 valence electrons. The number of benzene rings is 1. The molecule has 8 heteroatoms. The van der Waals surface area contributed by atoms with Crippen molar-refractivity contribution in [1.29, 1.82) is 0 Å². The van der Waals surface area contributed by atoms with E-state index in [0.29, 0.717) is 16.5 Å². The van der Waals surface area contributed by atoms with E-state index < -0.39 is 16.0 Å². The molecule has 1 aromatic heterocycles. The third-order valence-electron chi connectivity index (χ3n) is 4.87. The number of aryl methyl sites for hydroxylation is 1. The maximum absolute atomic E-state index is 13.0. The van der Waals surface area contributed by atoms with Gasteiger partial charge in [-0.05, 0) is 58.0 Å². The molecule has 2 aromatic rings. The number of fused-ring (bicyclic) bond motifs is 1. The molecule has 1 N–H and O–H groups in total. The number of esters is 1. The summed E-state index contributed by atoms with van der Waals surface area (Å²) in [5, 5.41) is 3.84. The first-order valence-electron chi connectivity index (χ1n) is 8.75. The second-order valence-electron chi connectivity index (χ2n) is 6.44. The number of rotatable bonds is 5. The fourth-order valence-electron chi connectivity index (χ4n) is 3.28. The van der Waals surface area contributed by atoms with Gasteiger partial charge < -0.3 is 14.5 Å². The molecule has 0 bridgehead atoms. The molecule has 0 saturated carbocycles. The quantitative estimate of drug-likeness (QED) is 0.801. The number of piperidine rings is 1. The fraction of sp³-hybridized carbons (Fsp3) is 0.500. The normalized spacial score (nSPS) is 16.3. The molecule has 1 aromatic carbocycles. The molecule has 0 aliphatic carbocycles. The van der Waals surface area contributed by atoms with Gasteiger partial charge in [0.1, 0.15) is 5.58 Å². The average Bonchev–Trinajstić information content (AvgIpc) is 2.98. The van der Waals surface area contributed by atoms with Gasteiger partial charge in [-0.25, -0.2) is 13.2 Å². The minimum atomic E-state index is -3.62. The van der Waals surface area contributed by atoms with Crippen molar-refractivity contribution in [3.8, 4) is 0 Å². The Morgan fingerprint density at radius 1 is 1.35 bits per heavy atom. The van der Waals surface area contributed by atoms with Crippen LogP contribution >= 0.6 is 0 Å². The number of carbonyl (C=O) groups excluding carboxylic acids is 1. The molecule has 1 aliphatic heterocycles. The van der Waals surface area contributed by atoms with Gasteiger partial charge >= 0.3 is 5.97 Å². The zero-order chi connectivity index (χ0) is 18.9. The highest BCUT2D eigenvalue weighted by Crippen LogP contribution is 2.30. The lowest BCUT2D eigenvalue weighted by molar-refractivity contribution is 0.0491. The molecule has 0 amide bonds. The average molecular weight is 380 g/mol. The number of hydrogen-bond donors (Lipinski definition) is 1. The number of ether oxygens (including phenoxy) is 1. The van der Waals surface area contributed by atoms with Gasteiger partial charge in [0.25, 0.3) is 0 Å². The van der Waals surface area contributed by atoms with Crippen LogP contribution in [0.15, 0.2) is 27.5 Å². The van der Waals surface area contributed by atoms with Crippen LogP contribution in [0, 0.1) is 6.92 Å². The first-order chi connectivity index (χ1) is 12.4. The van der Waals surface area contributed by atoms with Crippen molar-refractivity contribution < 1.29 is 22.4 Å². The highest BCUT2D eigenvalue weighted by atomic mass is 32.2. The third kappa shape index (κ3) is 3.36. The summed E-state index contributed by atoms with van der Waals surface area (Å²) in [5.74, 6) is -0.430. The van der Waals surface area contributed by atoms with Crippen molar-refractivity contribution >= 4 is 27.0 Å². The topological polar surface area (TPSA) is 88.8 Å². The standard InChI is InChI=1S/C18H24N2O5S/c1-4-24-18(21)17-12(2)15-11-14(5-6-16(15)25-17)26(22,23)20(3)13-7-9-19-10-8-13/h5-6,11,13,19H,4,7-10H2,1-3H3. The molecular formula is C18H24N2O5S. The Bertz CT molecular complexity index is 913. The van der Waals surface area contributed by atoms with E-state index in [9.17, 15) is 13.2 Å². The van der Waals surface area contributed by atoms with Crippen molar-refractivity contribution in [2.24, 2.45) is 0 Å². The van der Waals surface area contributed by atoms with Crippen LogP contribution in [0.2, 0.25) is 0 Å². The fourth-order valence-corrected chi connectivity index (χ4v) is 4.73. The number of hydrogen-bond acceptors (Lipinski definition) is 6. The van der Waals surface area contributed by atoms with E-state index in [1.165, 1.54) is 10.4 Å². The molecule has 2 heterocycles. The van der Waals surface area contributed by atoms with Crippen LogP contribution in [0.4, 0.5) is 0 Å². The second kappa shape index (κ2) is 7.38. The smallest absolute Gasteiger partial charge is 0.374 e. The third-order valence-corrected chi connectivity index (χ3v) is 6.77. The molecule has 1 saturated heterocycles. The minimum Gasteiger partial charge on any atom is -0.460 e. The molecule has 0 atom stereocenters. The maximum Gasteiger partial charge on any atom is 0.374 e. The van der Waals surface area contributed by atoms with Crippen molar-refractivity contribution in [3.05, 3.63) is 29.5 Å². The van der Waals surface area contributed by atoms with Gasteiger partial charge in [-0.15, -0.1) is 0 Å². The van der Waals surface area contributed by atoms with E-state index in [1.807, 2.05) is 0 Å². The van der Waals surface area contributed by atoms with Gasteiger partial charge in [0, 0.05) is 24.0 Å². The van der Waals surface area contributed by atoms with E-state index in [-0.39, 0.29) is 23.3 Å². The first kappa shape index (κ1) is 18.9. The summed E-state index contributed by atoms with van der Waals surface area (Å²) in [7, 11) is -1.99. The number of sulfonamides is 1. The van der Waals surface area contributed by atoms with Gasteiger partial charge in [-0.2, -0.15) is 4.31 Å². The summed E-state index contributed by atoms with van der Waals surface area (Å²) in [4.78, 5) is 12.2. The Morgan fingerprint density at radius 3 is 2.69 bits per heavy atom. The Kier molecular flexibility index (Phi) is 5.36. The lowest BCUT2D eigenvalue weighted by atomic mass is 10.1. The summed E-state index contributed by atoms with van der Waals surface area (Å²) < 4.78 is 38.0. The molecular weight excluding hydrogens is 356 g/mol. The monoisotopic (exact) mass is 380 g/mol. The second-order valence-corrected chi connectivity index (χ2v) is 8.43. The predicted octanol–water partition coefficient (Wildman–Crippen LogP) is 2.29. The van der Waals surface area contributed by atoms with Gasteiger partial charge in [0.05, 0.1) is 11.5 Å². The largest absolute Gasteiger partial charge is 0.460 e. The van der Waals surface area contributed by atoms with Crippen LogP contribution in [0.5, 0.6) is 0 Å². The summed E-state index contributed by atoms with van der Waals surface area (Å²) in [6.07, 6.45) is 1.57. The van der Waals surface area contributed by atoms with E-state index in [0.717, 1.165) is 25.9 Å². The van der Waals surface area contributed by atoms with Gasteiger partial charge in [-0.3, -0.25) is 0 Å². The zero-order valence-corrected chi connectivity index (χ0v) is 16.1. The van der Waals surface area contributed by atoms with Crippen LogP contribution in [0.1, 0.15) is 35.9 Å². The molecule has 0 unspecified atom stereocenters. The van der Waals surface area contributed by atoms with Crippen LogP contribution in [0.3, 0.4) is 0 Å².